The second-order valence-corrected chi connectivity index (χ2v) is 7.33. The molecule has 0 spiro atoms. The van der Waals surface area contributed by atoms with E-state index in [1.165, 1.54) is 0 Å². The molecule has 3 nitrogen and oxygen atoms in total. The van der Waals surface area contributed by atoms with E-state index in [2.05, 4.69) is 4.90 Å². The highest BCUT2D eigenvalue weighted by Gasteiger charge is 2.11. The second kappa shape index (κ2) is 9.65. The van der Waals surface area contributed by atoms with Crippen LogP contribution in [0.4, 0.5) is 0 Å². The maximum Gasteiger partial charge on any atom is 0.303 e. The van der Waals surface area contributed by atoms with Crippen molar-refractivity contribution in [1.82, 2.24) is 4.90 Å². The Hall–Kier alpha value is -0.970. The van der Waals surface area contributed by atoms with Crippen molar-refractivity contribution in [2.24, 2.45) is 0 Å². The van der Waals surface area contributed by atoms with E-state index >= 15 is 0 Å². The predicted molar refractivity (Wildman–Crippen MR) is 104 cm³/mol. The second-order valence-electron chi connectivity index (χ2n) is 5.70. The van der Waals surface area contributed by atoms with Gasteiger partial charge in [0.25, 0.3) is 0 Å². The molecule has 0 aliphatic carbocycles. The van der Waals surface area contributed by atoms with Crippen LogP contribution in [-0.2, 0) is 17.9 Å². The van der Waals surface area contributed by atoms with Gasteiger partial charge in [0, 0.05) is 19.5 Å². The molecule has 0 amide bonds. The maximum atomic E-state index is 10.8. The van der Waals surface area contributed by atoms with Crippen molar-refractivity contribution in [1.29, 1.82) is 0 Å². The normalized spacial score (nSPS) is 11.1. The third kappa shape index (κ3) is 6.69. The van der Waals surface area contributed by atoms with E-state index < -0.39 is 5.97 Å². The number of carboxylic acid groups (broad SMARTS) is 1. The number of halogens is 4. The van der Waals surface area contributed by atoms with Gasteiger partial charge in [-0.05, 0) is 48.4 Å². The lowest BCUT2D eigenvalue weighted by Crippen LogP contribution is -2.24. The van der Waals surface area contributed by atoms with E-state index in [1.54, 1.807) is 12.1 Å². The zero-order valence-electron chi connectivity index (χ0n) is 13.3. The summed E-state index contributed by atoms with van der Waals surface area (Å²) in [5, 5.41) is 10.9. The first kappa shape index (κ1) is 20.3. The summed E-state index contributed by atoms with van der Waals surface area (Å²) in [6.07, 6.45) is 0.678. The van der Waals surface area contributed by atoms with Gasteiger partial charge in [-0.1, -0.05) is 58.5 Å². The fourth-order valence-electron chi connectivity index (χ4n) is 2.46. The Balaban J connectivity index is 2.11. The van der Waals surface area contributed by atoms with Gasteiger partial charge in [0.05, 0.1) is 20.1 Å². The van der Waals surface area contributed by atoms with E-state index in [0.717, 1.165) is 11.1 Å². The van der Waals surface area contributed by atoms with Crippen LogP contribution in [0.15, 0.2) is 36.4 Å². The molecule has 2 rings (SSSR count). The standard InChI is InChI=1S/C18H17Cl4NO2/c19-14-5-3-12(8-16(14)21)10-23(7-1-2-18(24)25)11-13-4-6-15(20)17(22)9-13/h3-6,8-9H,1-2,7,10-11H2,(H,24,25). The molecule has 0 fully saturated rings. The number of rotatable bonds is 8. The monoisotopic (exact) mass is 419 g/mol. The molecule has 0 bridgehead atoms. The quantitative estimate of drug-likeness (QED) is 0.555. The Labute approximate surface area is 167 Å². The van der Waals surface area contributed by atoms with Crippen LogP contribution in [0.1, 0.15) is 24.0 Å². The van der Waals surface area contributed by atoms with Gasteiger partial charge in [-0.25, -0.2) is 0 Å². The molecular formula is C18H17Cl4NO2. The van der Waals surface area contributed by atoms with Crippen molar-refractivity contribution in [3.63, 3.8) is 0 Å². The highest BCUT2D eigenvalue weighted by atomic mass is 35.5. The molecule has 0 unspecified atom stereocenters. The summed E-state index contributed by atoms with van der Waals surface area (Å²) < 4.78 is 0. The summed E-state index contributed by atoms with van der Waals surface area (Å²) in [6.45, 7) is 1.88. The Morgan fingerprint density at radius 3 is 1.72 bits per heavy atom. The van der Waals surface area contributed by atoms with Gasteiger partial charge >= 0.3 is 5.97 Å². The lowest BCUT2D eigenvalue weighted by Gasteiger charge is -2.23. The van der Waals surface area contributed by atoms with E-state index in [1.807, 2.05) is 24.3 Å². The Kier molecular flexibility index (Phi) is 7.85. The van der Waals surface area contributed by atoms with Gasteiger partial charge < -0.3 is 5.11 Å². The zero-order valence-corrected chi connectivity index (χ0v) is 16.3. The minimum absolute atomic E-state index is 0.124. The summed E-state index contributed by atoms with van der Waals surface area (Å²) in [7, 11) is 0. The molecule has 0 radical (unpaired) electrons. The van der Waals surface area contributed by atoms with Crippen LogP contribution in [0, 0.1) is 0 Å². The van der Waals surface area contributed by atoms with Crippen molar-refractivity contribution in [3.05, 3.63) is 67.6 Å². The molecule has 0 aliphatic rings. The fourth-order valence-corrected chi connectivity index (χ4v) is 3.10. The molecule has 0 saturated heterocycles. The average molecular weight is 421 g/mol. The first-order valence-electron chi connectivity index (χ1n) is 7.67. The summed E-state index contributed by atoms with van der Waals surface area (Å²) >= 11 is 24.1. The molecule has 0 saturated carbocycles. The van der Waals surface area contributed by atoms with Crippen molar-refractivity contribution >= 4 is 52.4 Å². The molecule has 134 valence electrons. The van der Waals surface area contributed by atoms with E-state index in [4.69, 9.17) is 51.5 Å². The topological polar surface area (TPSA) is 40.5 Å². The van der Waals surface area contributed by atoms with Gasteiger partial charge in [0.2, 0.25) is 0 Å². The Morgan fingerprint density at radius 1 is 0.840 bits per heavy atom. The highest BCUT2D eigenvalue weighted by molar-refractivity contribution is 6.42. The first-order valence-corrected chi connectivity index (χ1v) is 9.18. The fraction of sp³-hybridized carbons (Fsp3) is 0.278. The molecule has 0 heterocycles. The van der Waals surface area contributed by atoms with Gasteiger partial charge in [-0.15, -0.1) is 0 Å². The highest BCUT2D eigenvalue weighted by Crippen LogP contribution is 2.25. The van der Waals surface area contributed by atoms with Crippen LogP contribution in [0.2, 0.25) is 20.1 Å². The van der Waals surface area contributed by atoms with Gasteiger partial charge in [-0.2, -0.15) is 0 Å². The third-order valence-electron chi connectivity index (χ3n) is 3.65. The third-order valence-corrected chi connectivity index (χ3v) is 5.12. The number of nitrogens with zero attached hydrogens (tertiary/aromatic N) is 1. The van der Waals surface area contributed by atoms with Crippen LogP contribution in [0.3, 0.4) is 0 Å². The number of hydrogen-bond acceptors (Lipinski definition) is 2. The lowest BCUT2D eigenvalue weighted by molar-refractivity contribution is -0.137. The average Bonchev–Trinajstić information content (AvgIpc) is 2.54. The maximum absolute atomic E-state index is 10.8. The number of carbonyl (C=O) groups is 1. The number of aliphatic carboxylic acids is 1. The van der Waals surface area contributed by atoms with Gasteiger partial charge in [0.15, 0.2) is 0 Å². The summed E-state index contributed by atoms with van der Waals surface area (Å²) in [6, 6.07) is 11.0. The van der Waals surface area contributed by atoms with Crippen LogP contribution < -0.4 is 0 Å². The SMILES string of the molecule is O=C(O)CCCN(Cc1ccc(Cl)c(Cl)c1)Cc1ccc(Cl)c(Cl)c1. The first-order chi connectivity index (χ1) is 11.8. The summed E-state index contributed by atoms with van der Waals surface area (Å²) in [5.74, 6) is -0.802. The van der Waals surface area contributed by atoms with E-state index in [-0.39, 0.29) is 6.42 Å². The zero-order chi connectivity index (χ0) is 18.4. The predicted octanol–water partition coefficient (Wildman–Crippen LogP) is 6.17. The van der Waals surface area contributed by atoms with Crippen LogP contribution in [-0.4, -0.2) is 22.5 Å². The molecule has 0 aliphatic heterocycles. The largest absolute Gasteiger partial charge is 0.481 e. The Morgan fingerprint density at radius 2 is 1.32 bits per heavy atom. The smallest absolute Gasteiger partial charge is 0.303 e. The molecule has 2 aromatic rings. The van der Waals surface area contributed by atoms with Crippen LogP contribution in [0.5, 0.6) is 0 Å². The van der Waals surface area contributed by atoms with Crippen molar-refractivity contribution in [2.45, 2.75) is 25.9 Å². The molecule has 25 heavy (non-hydrogen) atoms. The molecular weight excluding hydrogens is 404 g/mol. The van der Waals surface area contributed by atoms with Crippen molar-refractivity contribution in [3.8, 4) is 0 Å². The number of benzene rings is 2. The van der Waals surface area contributed by atoms with Gasteiger partial charge in [-0.3, -0.25) is 9.69 Å². The lowest BCUT2D eigenvalue weighted by atomic mass is 10.1. The van der Waals surface area contributed by atoms with E-state index in [0.29, 0.717) is 46.1 Å². The molecule has 1 N–H and O–H groups in total. The van der Waals surface area contributed by atoms with E-state index in [9.17, 15) is 4.79 Å². The summed E-state index contributed by atoms with van der Waals surface area (Å²) in [4.78, 5) is 12.9. The van der Waals surface area contributed by atoms with Crippen molar-refractivity contribution < 1.29 is 9.90 Å². The van der Waals surface area contributed by atoms with Crippen molar-refractivity contribution in [2.75, 3.05) is 6.54 Å². The molecule has 0 atom stereocenters. The summed E-state index contributed by atoms with van der Waals surface area (Å²) in [5.41, 5.74) is 2.01. The molecule has 0 aromatic heterocycles. The van der Waals surface area contributed by atoms with Crippen LogP contribution in [0.25, 0.3) is 0 Å². The Bertz CT molecular complexity index is 698. The molecule has 2 aromatic carbocycles. The minimum Gasteiger partial charge on any atom is -0.481 e. The minimum atomic E-state index is -0.802. The molecule has 7 heteroatoms. The van der Waals surface area contributed by atoms with Crippen LogP contribution >= 0.6 is 46.4 Å². The van der Waals surface area contributed by atoms with Gasteiger partial charge in [0.1, 0.15) is 0 Å². The number of carboxylic acids is 1. The number of hydrogen-bond donors (Lipinski definition) is 1.